The van der Waals surface area contributed by atoms with Crippen LogP contribution in [0.4, 0.5) is 0 Å². The molecule has 0 saturated heterocycles. The van der Waals surface area contributed by atoms with Crippen molar-refractivity contribution < 1.29 is 9.84 Å². The highest BCUT2D eigenvalue weighted by atomic mass is 16.5. The maximum absolute atomic E-state index is 9.97. The number of ether oxygens (including phenoxy) is 1. The smallest absolute Gasteiger partial charge is 0.165 e. The van der Waals surface area contributed by atoms with Crippen LogP contribution in [0.2, 0.25) is 0 Å². The van der Waals surface area contributed by atoms with Crippen molar-refractivity contribution in [3.63, 3.8) is 0 Å². The Morgan fingerprint density at radius 1 is 1.00 bits per heavy atom. The van der Waals surface area contributed by atoms with Gasteiger partial charge >= 0.3 is 0 Å². The molecule has 5 rings (SSSR count). The van der Waals surface area contributed by atoms with E-state index in [4.69, 9.17) is 4.74 Å². The van der Waals surface area contributed by atoms with E-state index in [0.717, 1.165) is 45.2 Å². The lowest BCUT2D eigenvalue weighted by atomic mass is 10.0. The third-order valence-electron chi connectivity index (χ3n) is 6.22. The number of rotatable bonds is 6. The van der Waals surface area contributed by atoms with Crippen LogP contribution in [0, 0.1) is 13.8 Å². The molecule has 3 aromatic rings. The van der Waals surface area contributed by atoms with Crippen molar-refractivity contribution in [1.82, 2.24) is 24.3 Å². The third kappa shape index (κ3) is 3.84. The van der Waals surface area contributed by atoms with Crippen LogP contribution in [-0.2, 0) is 6.61 Å². The summed E-state index contributed by atoms with van der Waals surface area (Å²) in [6.07, 6.45) is 5.68. The largest absolute Gasteiger partial charge is 0.495 e. The number of benzene rings is 2. The number of hydrogen-bond donors (Lipinski definition) is 1. The molecule has 0 aliphatic carbocycles. The Morgan fingerprint density at radius 2 is 1.79 bits per heavy atom. The molecule has 0 radical (unpaired) electrons. The van der Waals surface area contributed by atoms with Gasteiger partial charge in [-0.25, -0.2) is 4.98 Å². The van der Waals surface area contributed by atoms with E-state index in [2.05, 4.69) is 57.9 Å². The van der Waals surface area contributed by atoms with Gasteiger partial charge in [-0.15, -0.1) is 10.2 Å². The first-order chi connectivity index (χ1) is 16.5. The summed E-state index contributed by atoms with van der Waals surface area (Å²) in [4.78, 5) is 4.32. The number of pyridine rings is 1. The zero-order valence-electron chi connectivity index (χ0n) is 19.7. The summed E-state index contributed by atoms with van der Waals surface area (Å²) >= 11 is 0. The molecule has 2 aliphatic rings. The Morgan fingerprint density at radius 3 is 2.47 bits per heavy atom. The van der Waals surface area contributed by atoms with Crippen LogP contribution in [0.15, 0.2) is 67.3 Å². The van der Waals surface area contributed by atoms with Gasteiger partial charge in [-0.1, -0.05) is 35.9 Å². The summed E-state index contributed by atoms with van der Waals surface area (Å²) in [5.41, 5.74) is 7.55. The molecule has 1 N–H and O–H groups in total. The molecule has 3 heterocycles. The fraction of sp³-hybridized carbons (Fsp3) is 0.222. The molecule has 0 fully saturated rings. The molecular weight excluding hydrogens is 426 g/mol. The molecular formula is C27H27N5O2. The summed E-state index contributed by atoms with van der Waals surface area (Å²) < 4.78 is 9.72. The van der Waals surface area contributed by atoms with Crippen molar-refractivity contribution in [2.45, 2.75) is 33.4 Å². The zero-order valence-corrected chi connectivity index (χ0v) is 19.7. The monoisotopic (exact) mass is 453 g/mol. The number of aryl methyl sites for hydroxylation is 2. The summed E-state index contributed by atoms with van der Waals surface area (Å²) in [5.74, 6) is 1.49. The summed E-state index contributed by atoms with van der Waals surface area (Å²) in [6.45, 7) is 6.09. The number of nitrogens with zero attached hydrogens (tertiary/aromatic N) is 5. The summed E-state index contributed by atoms with van der Waals surface area (Å²) in [6, 6.07) is 16.4. The number of aliphatic hydroxyl groups is 1. The fourth-order valence-electron chi connectivity index (χ4n) is 4.29. The second kappa shape index (κ2) is 8.76. The first kappa shape index (κ1) is 21.9. The molecule has 2 aromatic carbocycles. The molecule has 1 atom stereocenters. The van der Waals surface area contributed by atoms with Crippen molar-refractivity contribution in [3.8, 4) is 34.1 Å². The minimum Gasteiger partial charge on any atom is -0.495 e. The molecule has 0 bridgehead atoms. The molecule has 172 valence electrons. The predicted molar refractivity (Wildman–Crippen MR) is 131 cm³/mol. The molecule has 7 heteroatoms. The fourth-order valence-corrected chi connectivity index (χ4v) is 4.29. The van der Waals surface area contributed by atoms with E-state index < -0.39 is 0 Å². The first-order valence-corrected chi connectivity index (χ1v) is 11.2. The summed E-state index contributed by atoms with van der Waals surface area (Å²) in [7, 11) is 1.66. The van der Waals surface area contributed by atoms with Gasteiger partial charge in [0, 0.05) is 23.5 Å². The minimum absolute atomic E-state index is 0.0283. The first-order valence-electron chi connectivity index (χ1n) is 11.2. The van der Waals surface area contributed by atoms with Gasteiger partial charge in [-0.05, 0) is 50.1 Å². The average Bonchev–Trinajstić information content (AvgIpc) is 3.49. The second-order valence-electron chi connectivity index (χ2n) is 8.60. The number of fused-ring (bicyclic) bond motifs is 1. The Hall–Kier alpha value is -3.97. The molecule has 1 aromatic heterocycles. The lowest BCUT2D eigenvalue weighted by molar-refractivity contribution is 0.280. The van der Waals surface area contributed by atoms with E-state index in [9.17, 15) is 5.11 Å². The number of aromatic nitrogens is 5. The normalized spacial score (nSPS) is 12.3. The van der Waals surface area contributed by atoms with E-state index >= 15 is 0 Å². The van der Waals surface area contributed by atoms with Crippen LogP contribution in [-0.4, -0.2) is 36.5 Å². The number of imidazole rings is 1. The van der Waals surface area contributed by atoms with Crippen LogP contribution in [0.25, 0.3) is 28.3 Å². The lowest BCUT2D eigenvalue weighted by Gasteiger charge is -2.21. The Kier molecular flexibility index (Phi) is 5.63. The standard InChI is InChI=1S/C27H27N5O2/c1-17-5-7-21(8-6-17)19(3)32-14-20(15-33)11-23-26(29-30-27(23)32)22-9-10-24(25(12-22)34-4)31-13-18(2)28-16-31/h5-14,16,19,33H,15H2,1-4H3/t19-/m0/s1. The van der Waals surface area contributed by atoms with E-state index in [0.29, 0.717) is 5.75 Å². The van der Waals surface area contributed by atoms with Gasteiger partial charge in [0.25, 0.3) is 0 Å². The van der Waals surface area contributed by atoms with Gasteiger partial charge in [-0.3, -0.25) is 0 Å². The quantitative estimate of drug-likeness (QED) is 0.393. The maximum atomic E-state index is 9.97. The van der Waals surface area contributed by atoms with Gasteiger partial charge in [-0.2, -0.15) is 0 Å². The van der Waals surface area contributed by atoms with E-state index in [1.54, 1.807) is 13.4 Å². The van der Waals surface area contributed by atoms with Gasteiger partial charge < -0.3 is 19.0 Å². The Labute approximate surface area is 198 Å². The van der Waals surface area contributed by atoms with Crippen LogP contribution in [0.1, 0.15) is 35.3 Å². The van der Waals surface area contributed by atoms with E-state index in [-0.39, 0.29) is 12.6 Å². The minimum atomic E-state index is -0.0661. The van der Waals surface area contributed by atoms with Gasteiger partial charge in [0.15, 0.2) is 5.82 Å². The number of hydrogen-bond acceptors (Lipinski definition) is 5. The van der Waals surface area contributed by atoms with Crippen LogP contribution in [0.5, 0.6) is 5.75 Å². The van der Waals surface area contributed by atoms with Crippen molar-refractivity contribution in [2.24, 2.45) is 0 Å². The number of methoxy groups -OCH3 is 1. The summed E-state index contributed by atoms with van der Waals surface area (Å²) in [5, 5.41) is 19.1. The van der Waals surface area contributed by atoms with Crippen molar-refractivity contribution in [3.05, 3.63) is 89.6 Å². The van der Waals surface area contributed by atoms with E-state index in [1.165, 1.54) is 5.56 Å². The van der Waals surface area contributed by atoms with Crippen LogP contribution >= 0.6 is 0 Å². The highest BCUT2D eigenvalue weighted by molar-refractivity contribution is 5.80. The lowest BCUT2D eigenvalue weighted by Crippen LogP contribution is -2.12. The van der Waals surface area contributed by atoms with E-state index in [1.807, 2.05) is 48.1 Å². The van der Waals surface area contributed by atoms with Gasteiger partial charge in [0.1, 0.15) is 11.4 Å². The molecule has 0 unspecified atom stereocenters. The Bertz CT molecular complexity index is 1420. The van der Waals surface area contributed by atoms with Crippen molar-refractivity contribution in [1.29, 1.82) is 0 Å². The molecule has 0 amide bonds. The van der Waals surface area contributed by atoms with Crippen molar-refractivity contribution in [2.75, 3.05) is 7.11 Å². The molecule has 2 aliphatic heterocycles. The SMILES string of the molecule is COc1cc(-c2nnc3n([C@@H](C)c4ccc(C)cc4)cc(CO)cc2-3)ccc1-n1cnc(C)c1. The zero-order chi connectivity index (χ0) is 23.8. The molecule has 7 nitrogen and oxygen atoms in total. The molecule has 0 spiro atoms. The predicted octanol–water partition coefficient (Wildman–Crippen LogP) is 4.96. The maximum Gasteiger partial charge on any atom is 0.165 e. The third-order valence-corrected chi connectivity index (χ3v) is 6.22. The van der Waals surface area contributed by atoms with Crippen LogP contribution in [0.3, 0.4) is 0 Å². The van der Waals surface area contributed by atoms with Crippen molar-refractivity contribution >= 4 is 0 Å². The highest BCUT2D eigenvalue weighted by Gasteiger charge is 2.23. The van der Waals surface area contributed by atoms with Gasteiger partial charge in [0.2, 0.25) is 0 Å². The second-order valence-corrected chi connectivity index (χ2v) is 8.60. The van der Waals surface area contributed by atoms with Crippen LogP contribution < -0.4 is 4.74 Å². The van der Waals surface area contributed by atoms with Gasteiger partial charge in [0.05, 0.1) is 37.5 Å². The molecule has 34 heavy (non-hydrogen) atoms. The topological polar surface area (TPSA) is 78.0 Å². The number of aliphatic hydroxyl groups excluding tert-OH is 1. The highest BCUT2D eigenvalue weighted by Crippen LogP contribution is 2.37. The Balaban J connectivity index is 1.59. The molecule has 0 saturated carbocycles. The average molecular weight is 454 g/mol.